The van der Waals surface area contributed by atoms with Crippen LogP contribution in [0.2, 0.25) is 0 Å². The number of rotatable bonds is 8. The van der Waals surface area contributed by atoms with Crippen molar-refractivity contribution in [1.82, 2.24) is 15.1 Å². The Morgan fingerprint density at radius 3 is 2.38 bits per heavy atom. The summed E-state index contributed by atoms with van der Waals surface area (Å²) in [4.78, 5) is 12.5. The Bertz CT molecular complexity index is 1180. The molecule has 5 nitrogen and oxygen atoms in total. The van der Waals surface area contributed by atoms with Crippen molar-refractivity contribution < 1.29 is 9.53 Å². The smallest absolute Gasteiger partial charge is 0.226 e. The van der Waals surface area contributed by atoms with E-state index in [-0.39, 0.29) is 5.91 Å². The summed E-state index contributed by atoms with van der Waals surface area (Å²) in [5.74, 6) is 1.38. The fourth-order valence-corrected chi connectivity index (χ4v) is 3.59. The van der Waals surface area contributed by atoms with Gasteiger partial charge in [0.1, 0.15) is 5.75 Å². The number of aryl methyl sites for hydroxylation is 2. The summed E-state index contributed by atoms with van der Waals surface area (Å²) in [6, 6.07) is 27.7. The first-order valence-corrected chi connectivity index (χ1v) is 10.8. The lowest BCUT2D eigenvalue weighted by molar-refractivity contribution is -0.121. The van der Waals surface area contributed by atoms with E-state index in [0.29, 0.717) is 25.3 Å². The lowest BCUT2D eigenvalue weighted by Gasteiger charge is -2.12. The highest BCUT2D eigenvalue weighted by Gasteiger charge is 2.20. The first-order valence-electron chi connectivity index (χ1n) is 10.8. The van der Waals surface area contributed by atoms with Crippen molar-refractivity contribution in [3.05, 3.63) is 107 Å². The third-order valence-corrected chi connectivity index (χ3v) is 5.28. The van der Waals surface area contributed by atoms with Crippen LogP contribution in [0, 0.1) is 13.8 Å². The number of nitrogens with zero attached hydrogens (tertiary/aromatic N) is 2. The van der Waals surface area contributed by atoms with Crippen molar-refractivity contribution in [1.29, 1.82) is 0 Å². The van der Waals surface area contributed by atoms with Crippen LogP contribution in [0.1, 0.15) is 28.8 Å². The summed E-state index contributed by atoms with van der Waals surface area (Å²) >= 11 is 0. The summed E-state index contributed by atoms with van der Waals surface area (Å²) in [5, 5.41) is 7.75. The number of benzene rings is 3. The number of carbonyl (C=O) groups is 1. The van der Waals surface area contributed by atoms with E-state index in [2.05, 4.69) is 24.4 Å². The number of nitrogens with one attached hydrogen (secondary N) is 1. The monoisotopic (exact) mass is 425 g/mol. The van der Waals surface area contributed by atoms with E-state index in [9.17, 15) is 4.79 Å². The molecule has 0 unspecified atom stereocenters. The Balaban J connectivity index is 1.56. The van der Waals surface area contributed by atoms with Gasteiger partial charge in [0.25, 0.3) is 0 Å². The predicted octanol–water partition coefficient (Wildman–Crippen LogP) is 5.53. The number of carbonyl (C=O) groups excluding carboxylic acids is 1. The van der Waals surface area contributed by atoms with Crippen molar-refractivity contribution in [2.75, 3.05) is 0 Å². The Kier molecular flexibility index (Phi) is 6.66. The van der Waals surface area contributed by atoms with Crippen molar-refractivity contribution >= 4 is 5.91 Å². The molecule has 0 bridgehead atoms. The molecule has 1 aromatic heterocycles. The quantitative estimate of drug-likeness (QED) is 0.404. The number of ether oxygens (including phenoxy) is 1. The van der Waals surface area contributed by atoms with E-state index < -0.39 is 0 Å². The predicted molar refractivity (Wildman–Crippen MR) is 126 cm³/mol. The number of hydrogen-bond acceptors (Lipinski definition) is 3. The molecular weight excluding hydrogens is 398 g/mol. The van der Waals surface area contributed by atoms with E-state index in [4.69, 9.17) is 9.84 Å². The van der Waals surface area contributed by atoms with E-state index >= 15 is 0 Å². The minimum Gasteiger partial charge on any atom is -0.439 e. The maximum Gasteiger partial charge on any atom is 0.226 e. The highest BCUT2D eigenvalue weighted by atomic mass is 16.5. The Labute approximate surface area is 188 Å². The van der Waals surface area contributed by atoms with Gasteiger partial charge in [0, 0.05) is 18.5 Å². The molecule has 0 atom stereocenters. The first-order chi connectivity index (χ1) is 15.6. The number of para-hydroxylation sites is 1. The van der Waals surface area contributed by atoms with Crippen molar-refractivity contribution in [3.63, 3.8) is 0 Å². The molecule has 162 valence electrons. The van der Waals surface area contributed by atoms with Gasteiger partial charge in [-0.3, -0.25) is 4.79 Å². The number of aromatic nitrogens is 2. The molecule has 0 fully saturated rings. The molecule has 0 spiro atoms. The van der Waals surface area contributed by atoms with Gasteiger partial charge in [-0.15, -0.1) is 0 Å². The van der Waals surface area contributed by atoms with E-state index in [1.54, 1.807) is 0 Å². The molecule has 0 aliphatic carbocycles. The molecule has 4 aromatic rings. The SMILES string of the molecule is Cc1cccc(-n2nc(C)c(CCC(=O)NCc3ccccc3)c2Oc2ccccc2)c1. The molecule has 1 amide bonds. The molecule has 0 aliphatic heterocycles. The van der Waals surface area contributed by atoms with Crippen LogP contribution in [-0.4, -0.2) is 15.7 Å². The average Bonchev–Trinajstić information content (AvgIpc) is 3.12. The van der Waals surface area contributed by atoms with Gasteiger partial charge in [-0.25, -0.2) is 4.68 Å². The molecule has 32 heavy (non-hydrogen) atoms. The van der Waals surface area contributed by atoms with E-state index in [1.807, 2.05) is 84.4 Å². The molecule has 0 radical (unpaired) electrons. The highest BCUT2D eigenvalue weighted by Crippen LogP contribution is 2.31. The van der Waals surface area contributed by atoms with E-state index in [1.165, 1.54) is 0 Å². The third kappa shape index (κ3) is 5.24. The van der Waals surface area contributed by atoms with Crippen LogP contribution in [0.4, 0.5) is 0 Å². The fourth-order valence-electron chi connectivity index (χ4n) is 3.59. The fraction of sp³-hybridized carbons (Fsp3) is 0.185. The van der Waals surface area contributed by atoms with Crippen LogP contribution >= 0.6 is 0 Å². The van der Waals surface area contributed by atoms with Crippen LogP contribution in [0.25, 0.3) is 5.69 Å². The molecule has 5 heteroatoms. The lowest BCUT2D eigenvalue weighted by Crippen LogP contribution is -2.23. The first kappa shape index (κ1) is 21.4. The molecule has 3 aromatic carbocycles. The lowest BCUT2D eigenvalue weighted by atomic mass is 10.1. The van der Waals surface area contributed by atoms with Crippen molar-refractivity contribution in [3.8, 4) is 17.3 Å². The van der Waals surface area contributed by atoms with Gasteiger partial charge in [0.2, 0.25) is 11.8 Å². The summed E-state index contributed by atoms with van der Waals surface area (Å²) < 4.78 is 8.11. The molecule has 0 aliphatic rings. The molecular formula is C27H27N3O2. The summed E-state index contributed by atoms with van der Waals surface area (Å²) in [6.45, 7) is 4.53. The van der Waals surface area contributed by atoms with Crippen LogP contribution in [-0.2, 0) is 17.8 Å². The second kappa shape index (κ2) is 9.96. The maximum absolute atomic E-state index is 12.5. The van der Waals surface area contributed by atoms with Gasteiger partial charge >= 0.3 is 0 Å². The maximum atomic E-state index is 12.5. The molecule has 1 N–H and O–H groups in total. The molecule has 1 heterocycles. The van der Waals surface area contributed by atoms with Gasteiger partial charge in [0.15, 0.2) is 0 Å². The van der Waals surface area contributed by atoms with Gasteiger partial charge in [-0.05, 0) is 55.7 Å². The Morgan fingerprint density at radius 2 is 1.66 bits per heavy atom. The second-order valence-corrected chi connectivity index (χ2v) is 7.80. The van der Waals surface area contributed by atoms with Gasteiger partial charge in [0.05, 0.1) is 11.4 Å². The Hall–Kier alpha value is -3.86. The zero-order valence-corrected chi connectivity index (χ0v) is 18.4. The second-order valence-electron chi connectivity index (χ2n) is 7.80. The normalized spacial score (nSPS) is 10.7. The summed E-state index contributed by atoms with van der Waals surface area (Å²) in [7, 11) is 0. The van der Waals surface area contributed by atoms with Crippen LogP contribution in [0.15, 0.2) is 84.9 Å². The van der Waals surface area contributed by atoms with E-state index in [0.717, 1.165) is 33.8 Å². The molecule has 0 saturated heterocycles. The minimum atomic E-state index is 0.00206. The van der Waals surface area contributed by atoms with Gasteiger partial charge < -0.3 is 10.1 Å². The Morgan fingerprint density at radius 1 is 0.938 bits per heavy atom. The van der Waals surface area contributed by atoms with Crippen molar-refractivity contribution in [2.45, 2.75) is 33.2 Å². The van der Waals surface area contributed by atoms with Gasteiger partial charge in [-0.2, -0.15) is 5.10 Å². The zero-order valence-electron chi connectivity index (χ0n) is 18.4. The van der Waals surface area contributed by atoms with Gasteiger partial charge in [-0.1, -0.05) is 60.7 Å². The van der Waals surface area contributed by atoms with Crippen LogP contribution in [0.5, 0.6) is 11.6 Å². The van der Waals surface area contributed by atoms with Crippen LogP contribution in [0.3, 0.4) is 0 Å². The summed E-state index contributed by atoms with van der Waals surface area (Å²) in [6.07, 6.45) is 0.902. The van der Waals surface area contributed by atoms with Crippen LogP contribution < -0.4 is 10.1 Å². The third-order valence-electron chi connectivity index (χ3n) is 5.28. The zero-order chi connectivity index (χ0) is 22.3. The summed E-state index contributed by atoms with van der Waals surface area (Å²) in [5.41, 5.74) is 4.94. The number of hydrogen-bond donors (Lipinski definition) is 1. The molecule has 4 rings (SSSR count). The topological polar surface area (TPSA) is 56.2 Å². The minimum absolute atomic E-state index is 0.00206. The number of amides is 1. The largest absolute Gasteiger partial charge is 0.439 e. The average molecular weight is 426 g/mol. The standard InChI is InChI=1S/C27H27N3O2/c1-20-10-9-13-23(18-20)30-27(32-24-14-7-4-8-15-24)25(21(2)29-30)16-17-26(31)28-19-22-11-5-3-6-12-22/h3-15,18H,16-17,19H2,1-2H3,(H,28,31). The highest BCUT2D eigenvalue weighted by molar-refractivity contribution is 5.76. The molecule has 0 saturated carbocycles. The van der Waals surface area contributed by atoms with Crippen molar-refractivity contribution in [2.24, 2.45) is 0 Å².